The number of urea groups is 1. The lowest BCUT2D eigenvalue weighted by atomic mass is 9.98. The Kier molecular flexibility index (Phi) is 8.59. The first kappa shape index (κ1) is 30.7. The van der Waals surface area contributed by atoms with E-state index in [1.54, 1.807) is 11.8 Å². The Bertz CT molecular complexity index is 1740. The van der Waals surface area contributed by atoms with Gasteiger partial charge >= 0.3 is 12.4 Å². The highest BCUT2D eigenvalue weighted by Crippen LogP contribution is 2.33. The summed E-state index contributed by atoms with van der Waals surface area (Å²) in [5.41, 5.74) is 7.14. The van der Waals surface area contributed by atoms with Gasteiger partial charge in [0.1, 0.15) is 12.1 Å². The highest BCUT2D eigenvalue weighted by molar-refractivity contribution is 8.14. The van der Waals surface area contributed by atoms with E-state index >= 15 is 0 Å². The van der Waals surface area contributed by atoms with Crippen LogP contribution in [0, 0.1) is 6.92 Å². The number of benzene rings is 3. The van der Waals surface area contributed by atoms with E-state index < -0.39 is 6.36 Å². The first-order valence-electron chi connectivity index (χ1n) is 14.8. The van der Waals surface area contributed by atoms with Crippen molar-refractivity contribution >= 4 is 28.6 Å². The van der Waals surface area contributed by atoms with E-state index in [2.05, 4.69) is 69.0 Å². The predicted octanol–water partition coefficient (Wildman–Crippen LogP) is 7.44. The fourth-order valence-corrected chi connectivity index (χ4v) is 6.67. The van der Waals surface area contributed by atoms with Gasteiger partial charge in [-0.2, -0.15) is 4.99 Å². The van der Waals surface area contributed by atoms with E-state index in [9.17, 15) is 18.0 Å². The molecule has 2 heterocycles. The third-order valence-corrected chi connectivity index (χ3v) is 8.90. The Balaban J connectivity index is 1.12. The summed E-state index contributed by atoms with van der Waals surface area (Å²) in [6.45, 7) is 7.26. The average Bonchev–Trinajstić information content (AvgIpc) is 3.63. The fraction of sp³-hybridized carbons (Fsp3) is 0.333. The van der Waals surface area contributed by atoms with E-state index in [0.717, 1.165) is 46.3 Å². The van der Waals surface area contributed by atoms with Crippen LogP contribution >= 0.6 is 11.8 Å². The standard InChI is InChI=1S/C33H33F3N6O2S/c1-20(2)28-12-5-21(3)15-29(28)41-13-4-14-45-32(41)39-31(43)38-25-17-22-6-7-23(16-24(22)18-25)30-37-19-42(40-30)26-8-10-27(11-9-26)44-33(34,35)36/h5-12,15-16,19-20,25H,4,13-14,17-18H2,1-3H3,(H,38,43). The number of nitrogens with one attached hydrogen (secondary N) is 1. The monoisotopic (exact) mass is 634 g/mol. The largest absolute Gasteiger partial charge is 0.573 e. The molecule has 3 aromatic carbocycles. The van der Waals surface area contributed by atoms with Gasteiger partial charge in [-0.3, -0.25) is 0 Å². The number of hydrogen-bond acceptors (Lipinski definition) is 5. The zero-order valence-electron chi connectivity index (χ0n) is 25.1. The molecule has 1 saturated heterocycles. The van der Waals surface area contributed by atoms with Crippen molar-refractivity contribution in [3.05, 3.63) is 89.2 Å². The number of aryl methyl sites for hydroxylation is 1. The van der Waals surface area contributed by atoms with E-state index in [1.807, 2.05) is 18.2 Å². The average molecular weight is 635 g/mol. The summed E-state index contributed by atoms with van der Waals surface area (Å²) in [6.07, 6.45) is -0.856. The SMILES string of the molecule is Cc1ccc(C(C)C)c(N2CCCSC2=NC(=O)NC2Cc3ccc(-c4ncn(-c5ccc(OC(F)(F)F)cc5)n4)cc3C2)c1. The number of carbonyl (C=O) groups excluding carboxylic acids is 1. The summed E-state index contributed by atoms with van der Waals surface area (Å²) in [5, 5.41) is 8.36. The maximum atomic E-state index is 13.2. The van der Waals surface area contributed by atoms with E-state index in [-0.39, 0.29) is 17.8 Å². The molecule has 1 aliphatic heterocycles. The van der Waals surface area contributed by atoms with Gasteiger partial charge in [0.25, 0.3) is 0 Å². The van der Waals surface area contributed by atoms with Crippen LogP contribution in [0.1, 0.15) is 48.4 Å². The van der Waals surface area contributed by atoms with Crippen molar-refractivity contribution in [3.63, 3.8) is 0 Å². The molecule has 234 valence electrons. The number of aromatic nitrogens is 3. The van der Waals surface area contributed by atoms with Gasteiger partial charge in [0.05, 0.1) is 5.69 Å². The number of alkyl halides is 3. The highest BCUT2D eigenvalue weighted by atomic mass is 32.2. The molecule has 0 radical (unpaired) electrons. The second-order valence-corrected chi connectivity index (χ2v) is 12.6. The lowest BCUT2D eigenvalue weighted by molar-refractivity contribution is -0.274. The zero-order chi connectivity index (χ0) is 31.7. The lowest BCUT2D eigenvalue weighted by Crippen LogP contribution is -2.38. The van der Waals surface area contributed by atoms with Crippen LogP contribution in [0.25, 0.3) is 17.1 Å². The summed E-state index contributed by atoms with van der Waals surface area (Å²) in [7, 11) is 0. The number of rotatable bonds is 6. The Hall–Kier alpha value is -4.32. The molecule has 1 fully saturated rings. The van der Waals surface area contributed by atoms with Crippen LogP contribution in [-0.4, -0.2) is 50.7 Å². The fourth-order valence-electron chi connectivity index (χ4n) is 5.72. The number of carbonyl (C=O) groups is 1. The van der Waals surface area contributed by atoms with Crippen molar-refractivity contribution in [1.29, 1.82) is 0 Å². The Morgan fingerprint density at radius 3 is 2.60 bits per heavy atom. The number of aliphatic imine (C=N–C) groups is 1. The molecule has 12 heteroatoms. The highest BCUT2D eigenvalue weighted by Gasteiger charge is 2.31. The van der Waals surface area contributed by atoms with Gasteiger partial charge in [0.15, 0.2) is 11.0 Å². The van der Waals surface area contributed by atoms with Crippen LogP contribution in [0.2, 0.25) is 0 Å². The quantitative estimate of drug-likeness (QED) is 0.237. The summed E-state index contributed by atoms with van der Waals surface area (Å²) >= 11 is 1.62. The summed E-state index contributed by atoms with van der Waals surface area (Å²) < 4.78 is 42.8. The molecule has 4 aromatic rings. The van der Waals surface area contributed by atoms with Gasteiger partial charge in [0.2, 0.25) is 0 Å². The smallest absolute Gasteiger partial charge is 0.406 e. The van der Waals surface area contributed by atoms with Gasteiger partial charge in [-0.1, -0.05) is 49.9 Å². The minimum Gasteiger partial charge on any atom is -0.406 e. The molecule has 6 rings (SSSR count). The number of amides is 2. The number of fused-ring (bicyclic) bond motifs is 1. The minimum atomic E-state index is -4.75. The number of hydrogen-bond donors (Lipinski definition) is 1. The molecule has 0 bridgehead atoms. The maximum absolute atomic E-state index is 13.2. The zero-order valence-corrected chi connectivity index (χ0v) is 26.0. The molecular weight excluding hydrogens is 601 g/mol. The predicted molar refractivity (Wildman–Crippen MR) is 170 cm³/mol. The molecule has 8 nitrogen and oxygen atoms in total. The molecule has 1 unspecified atom stereocenters. The second-order valence-electron chi connectivity index (χ2n) is 11.6. The molecule has 1 aliphatic carbocycles. The Labute approximate surface area is 263 Å². The van der Waals surface area contributed by atoms with Gasteiger partial charge in [-0.05, 0) is 90.8 Å². The van der Waals surface area contributed by atoms with Crippen molar-refractivity contribution in [1.82, 2.24) is 20.1 Å². The number of ether oxygens (including phenoxy) is 1. The van der Waals surface area contributed by atoms with E-state index in [1.165, 1.54) is 46.4 Å². The molecule has 0 spiro atoms. The molecule has 1 atom stereocenters. The van der Waals surface area contributed by atoms with E-state index in [0.29, 0.717) is 30.3 Å². The number of halogens is 3. The summed E-state index contributed by atoms with van der Waals surface area (Å²) in [5.74, 6) is 1.45. The van der Waals surface area contributed by atoms with Crippen LogP contribution < -0.4 is 15.0 Å². The topological polar surface area (TPSA) is 84.6 Å². The van der Waals surface area contributed by atoms with Gasteiger partial charge in [-0.25, -0.2) is 14.5 Å². The second kappa shape index (κ2) is 12.6. The van der Waals surface area contributed by atoms with Gasteiger partial charge in [-0.15, -0.1) is 18.3 Å². The molecule has 2 aliphatic rings. The normalized spacial score (nSPS) is 17.5. The van der Waals surface area contributed by atoms with Gasteiger partial charge < -0.3 is 15.0 Å². The van der Waals surface area contributed by atoms with Crippen molar-refractivity contribution in [3.8, 4) is 22.8 Å². The number of anilines is 1. The molecular formula is C33H33F3N6O2S. The van der Waals surface area contributed by atoms with Crippen LogP contribution in [0.5, 0.6) is 5.75 Å². The lowest BCUT2D eigenvalue weighted by Gasteiger charge is -2.32. The third-order valence-electron chi connectivity index (χ3n) is 7.84. The van der Waals surface area contributed by atoms with Crippen molar-refractivity contribution in [2.75, 3.05) is 17.2 Å². The summed E-state index contributed by atoms with van der Waals surface area (Å²) in [6, 6.07) is 17.5. The molecule has 1 aromatic heterocycles. The summed E-state index contributed by atoms with van der Waals surface area (Å²) in [4.78, 5) is 24.3. The molecule has 45 heavy (non-hydrogen) atoms. The van der Waals surface area contributed by atoms with Crippen LogP contribution in [0.4, 0.5) is 23.7 Å². The van der Waals surface area contributed by atoms with E-state index in [4.69, 9.17) is 0 Å². The van der Waals surface area contributed by atoms with Crippen LogP contribution in [0.15, 0.2) is 72.0 Å². The number of nitrogens with zero attached hydrogens (tertiary/aromatic N) is 5. The molecule has 2 amide bonds. The molecule has 0 saturated carbocycles. The Morgan fingerprint density at radius 2 is 1.84 bits per heavy atom. The van der Waals surface area contributed by atoms with Crippen LogP contribution in [-0.2, 0) is 12.8 Å². The van der Waals surface area contributed by atoms with Gasteiger partial charge in [0, 0.05) is 29.6 Å². The first-order chi connectivity index (χ1) is 21.5. The third kappa shape index (κ3) is 7.16. The maximum Gasteiger partial charge on any atom is 0.573 e. The number of amidine groups is 1. The van der Waals surface area contributed by atoms with Crippen molar-refractivity contribution < 1.29 is 22.7 Å². The van der Waals surface area contributed by atoms with Crippen molar-refractivity contribution in [2.45, 2.75) is 58.4 Å². The minimum absolute atomic E-state index is 0.0812. The van der Waals surface area contributed by atoms with Crippen molar-refractivity contribution in [2.24, 2.45) is 4.99 Å². The molecule has 1 N–H and O–H groups in total. The van der Waals surface area contributed by atoms with Crippen LogP contribution in [0.3, 0.4) is 0 Å². The first-order valence-corrected chi connectivity index (χ1v) is 15.8. The number of thioether (sulfide) groups is 1. The Morgan fingerprint density at radius 1 is 1.07 bits per heavy atom.